The van der Waals surface area contributed by atoms with Crippen LogP contribution in [0.1, 0.15) is 0 Å². The zero-order valence-corrected chi connectivity index (χ0v) is 15.2. The lowest BCUT2D eigenvalue weighted by Gasteiger charge is -1.99. The molecule has 0 saturated carbocycles. The summed E-state index contributed by atoms with van der Waals surface area (Å²) in [5.41, 5.74) is 0.927. The number of hydrogen-bond donors (Lipinski definition) is 2. The van der Waals surface area contributed by atoms with Crippen LogP contribution in [0, 0.1) is 11.6 Å². The average Bonchev–Trinajstić information content (AvgIpc) is 3.26. The first-order valence-electron chi connectivity index (χ1n) is 7.74. The maximum atomic E-state index is 13.8. The van der Waals surface area contributed by atoms with Crippen molar-refractivity contribution in [3.8, 4) is 11.4 Å². The van der Waals surface area contributed by atoms with Crippen molar-refractivity contribution in [1.82, 2.24) is 20.2 Å². The summed E-state index contributed by atoms with van der Waals surface area (Å²) >= 11 is 2.30. The number of fused-ring (bicyclic) bond motifs is 1. The van der Waals surface area contributed by atoms with Crippen molar-refractivity contribution >= 4 is 44.4 Å². The Labute approximate surface area is 160 Å². The Morgan fingerprint density at radius 2 is 2.04 bits per heavy atom. The molecule has 136 valence electrons. The third kappa shape index (κ3) is 3.96. The van der Waals surface area contributed by atoms with E-state index in [2.05, 4.69) is 25.5 Å². The molecule has 1 amide bonds. The van der Waals surface area contributed by atoms with Crippen LogP contribution in [0.15, 0.2) is 47.6 Å². The first-order chi connectivity index (χ1) is 13.1. The van der Waals surface area contributed by atoms with Gasteiger partial charge in [0.1, 0.15) is 11.6 Å². The van der Waals surface area contributed by atoms with Gasteiger partial charge in [0, 0.05) is 0 Å². The Kier molecular flexibility index (Phi) is 4.82. The lowest BCUT2D eigenvalue weighted by Crippen LogP contribution is -2.13. The number of hydrogen-bond acceptors (Lipinski definition) is 6. The number of carbonyl (C=O) groups is 1. The molecule has 27 heavy (non-hydrogen) atoms. The van der Waals surface area contributed by atoms with E-state index >= 15 is 0 Å². The number of aromatic amines is 1. The summed E-state index contributed by atoms with van der Waals surface area (Å²) in [4.78, 5) is 20.5. The monoisotopic (exact) mass is 403 g/mol. The van der Waals surface area contributed by atoms with Crippen molar-refractivity contribution in [2.45, 2.75) is 5.16 Å². The van der Waals surface area contributed by atoms with E-state index in [1.807, 2.05) is 0 Å². The van der Waals surface area contributed by atoms with Crippen LogP contribution in [0.25, 0.3) is 21.6 Å². The fourth-order valence-electron chi connectivity index (χ4n) is 2.32. The molecule has 0 fully saturated rings. The lowest BCUT2D eigenvalue weighted by atomic mass is 10.2. The standard InChI is InChI=1S/C17H11F2N5OS2/c18-9-5-6-12-13(7-9)27-16(20-12)21-14(25)8-26-17-22-15(23-24-17)10-3-1-2-4-11(10)19/h1-7H,8H2,(H,20,21,25)(H,22,23,24). The quantitative estimate of drug-likeness (QED) is 0.491. The number of aromatic nitrogens is 4. The Balaban J connectivity index is 1.38. The molecule has 0 aliphatic rings. The van der Waals surface area contributed by atoms with Crippen molar-refractivity contribution < 1.29 is 13.6 Å². The molecule has 0 spiro atoms. The van der Waals surface area contributed by atoms with Crippen LogP contribution >= 0.6 is 23.1 Å². The SMILES string of the molecule is O=C(CSc1n[nH]c(-c2ccccc2F)n1)Nc1nc2ccc(F)cc2s1. The summed E-state index contributed by atoms with van der Waals surface area (Å²) in [7, 11) is 0. The number of benzene rings is 2. The van der Waals surface area contributed by atoms with Gasteiger partial charge in [0.15, 0.2) is 11.0 Å². The number of anilines is 1. The van der Waals surface area contributed by atoms with Gasteiger partial charge in [-0.15, -0.1) is 5.10 Å². The van der Waals surface area contributed by atoms with Gasteiger partial charge in [-0.05, 0) is 30.3 Å². The molecule has 0 aliphatic carbocycles. The predicted molar refractivity (Wildman–Crippen MR) is 101 cm³/mol. The van der Waals surface area contributed by atoms with E-state index in [0.29, 0.717) is 31.9 Å². The molecule has 2 aromatic carbocycles. The van der Waals surface area contributed by atoms with Crippen molar-refractivity contribution in [3.63, 3.8) is 0 Å². The van der Waals surface area contributed by atoms with Crippen LogP contribution in [-0.2, 0) is 4.79 Å². The Hall–Kier alpha value is -2.85. The van der Waals surface area contributed by atoms with Gasteiger partial charge in [-0.3, -0.25) is 9.89 Å². The van der Waals surface area contributed by atoms with Crippen LogP contribution in [0.2, 0.25) is 0 Å². The number of nitrogens with zero attached hydrogens (tertiary/aromatic N) is 3. The molecule has 0 saturated heterocycles. The molecule has 2 aromatic heterocycles. The second-order valence-electron chi connectivity index (χ2n) is 5.41. The van der Waals surface area contributed by atoms with E-state index in [9.17, 15) is 13.6 Å². The van der Waals surface area contributed by atoms with E-state index < -0.39 is 5.82 Å². The Morgan fingerprint density at radius 1 is 1.19 bits per heavy atom. The normalized spacial score (nSPS) is 11.0. The van der Waals surface area contributed by atoms with Crippen LogP contribution in [-0.4, -0.2) is 31.8 Å². The topological polar surface area (TPSA) is 83.6 Å². The lowest BCUT2D eigenvalue weighted by molar-refractivity contribution is -0.113. The molecule has 2 heterocycles. The van der Waals surface area contributed by atoms with Gasteiger partial charge in [0.05, 0.1) is 21.5 Å². The van der Waals surface area contributed by atoms with Crippen molar-refractivity contribution in [1.29, 1.82) is 0 Å². The van der Waals surface area contributed by atoms with E-state index in [0.717, 1.165) is 11.8 Å². The van der Waals surface area contributed by atoms with E-state index in [1.54, 1.807) is 24.3 Å². The van der Waals surface area contributed by atoms with Crippen LogP contribution in [0.3, 0.4) is 0 Å². The highest BCUT2D eigenvalue weighted by atomic mass is 32.2. The number of halogens is 2. The molecule has 4 aromatic rings. The smallest absolute Gasteiger partial charge is 0.236 e. The number of thiazole rings is 1. The van der Waals surface area contributed by atoms with E-state index in [1.165, 1.54) is 29.5 Å². The Morgan fingerprint density at radius 3 is 2.89 bits per heavy atom. The fraction of sp³-hybridized carbons (Fsp3) is 0.0588. The summed E-state index contributed by atoms with van der Waals surface area (Å²) in [5, 5.41) is 10.0. The van der Waals surface area contributed by atoms with Gasteiger partial charge >= 0.3 is 0 Å². The summed E-state index contributed by atoms with van der Waals surface area (Å²) in [5.74, 6) is -0.704. The second-order valence-corrected chi connectivity index (χ2v) is 7.39. The molecule has 4 rings (SSSR count). The van der Waals surface area contributed by atoms with Gasteiger partial charge in [0.25, 0.3) is 0 Å². The molecule has 6 nitrogen and oxygen atoms in total. The number of rotatable bonds is 5. The van der Waals surface area contributed by atoms with Gasteiger partial charge in [-0.25, -0.2) is 18.7 Å². The third-order valence-corrected chi connectivity index (χ3v) is 5.30. The van der Waals surface area contributed by atoms with Crippen molar-refractivity contribution in [2.24, 2.45) is 0 Å². The zero-order valence-electron chi connectivity index (χ0n) is 13.6. The first-order valence-corrected chi connectivity index (χ1v) is 9.55. The van der Waals surface area contributed by atoms with E-state index in [-0.39, 0.29) is 17.5 Å². The molecular formula is C17H11F2N5OS2. The summed E-state index contributed by atoms with van der Waals surface area (Å²) in [6, 6.07) is 10.5. The van der Waals surface area contributed by atoms with Crippen LogP contribution in [0.4, 0.5) is 13.9 Å². The third-order valence-electron chi connectivity index (χ3n) is 3.52. The highest BCUT2D eigenvalue weighted by Crippen LogP contribution is 2.27. The highest BCUT2D eigenvalue weighted by molar-refractivity contribution is 7.99. The maximum absolute atomic E-state index is 13.8. The summed E-state index contributed by atoms with van der Waals surface area (Å²) in [6.07, 6.45) is 0. The molecule has 2 N–H and O–H groups in total. The average molecular weight is 403 g/mol. The van der Waals surface area contributed by atoms with Crippen LogP contribution < -0.4 is 5.32 Å². The highest BCUT2D eigenvalue weighted by Gasteiger charge is 2.13. The van der Waals surface area contributed by atoms with Crippen LogP contribution in [0.5, 0.6) is 0 Å². The number of amides is 1. The second kappa shape index (κ2) is 7.41. The maximum Gasteiger partial charge on any atom is 0.236 e. The minimum Gasteiger partial charge on any atom is -0.301 e. The molecule has 0 unspecified atom stereocenters. The molecule has 0 bridgehead atoms. The largest absolute Gasteiger partial charge is 0.301 e. The van der Waals surface area contributed by atoms with Gasteiger partial charge in [-0.2, -0.15) is 0 Å². The zero-order chi connectivity index (χ0) is 18.8. The fourth-order valence-corrected chi connectivity index (χ4v) is 3.83. The number of carbonyl (C=O) groups excluding carboxylic acids is 1. The molecule has 0 atom stereocenters. The molecule has 10 heteroatoms. The molecular weight excluding hydrogens is 392 g/mol. The number of H-pyrrole nitrogens is 1. The minimum absolute atomic E-state index is 0.0544. The molecule has 0 aliphatic heterocycles. The molecule has 0 radical (unpaired) electrons. The minimum atomic E-state index is -0.407. The summed E-state index contributed by atoms with van der Waals surface area (Å²) < 4.78 is 27.6. The van der Waals surface area contributed by atoms with Crippen molar-refractivity contribution in [2.75, 3.05) is 11.1 Å². The summed E-state index contributed by atoms with van der Waals surface area (Å²) in [6.45, 7) is 0. The van der Waals surface area contributed by atoms with Gasteiger partial charge in [-0.1, -0.05) is 35.2 Å². The predicted octanol–water partition coefficient (Wildman–Crippen LogP) is 4.09. The first kappa shape index (κ1) is 17.6. The van der Waals surface area contributed by atoms with E-state index in [4.69, 9.17) is 0 Å². The van der Waals surface area contributed by atoms with Gasteiger partial charge in [0.2, 0.25) is 11.1 Å². The number of nitrogens with one attached hydrogen (secondary N) is 2. The Bertz CT molecular complexity index is 1130. The number of thioether (sulfide) groups is 1. The van der Waals surface area contributed by atoms with Crippen molar-refractivity contribution in [3.05, 3.63) is 54.1 Å². The van der Waals surface area contributed by atoms with Gasteiger partial charge < -0.3 is 5.32 Å².